The van der Waals surface area contributed by atoms with Crippen LogP contribution in [0.1, 0.15) is 29.7 Å². The lowest BCUT2D eigenvalue weighted by Gasteiger charge is -2.27. The number of nitrogens with zero attached hydrogens (tertiary/aromatic N) is 2. The van der Waals surface area contributed by atoms with Gasteiger partial charge in [-0.05, 0) is 43.1 Å². The molecule has 0 spiro atoms. The Morgan fingerprint density at radius 2 is 2.39 bits per heavy atom. The summed E-state index contributed by atoms with van der Waals surface area (Å²) in [7, 11) is 2.18. The van der Waals surface area contributed by atoms with E-state index in [1.807, 2.05) is 11.8 Å². The number of hydrogen-bond donors (Lipinski definition) is 1. The quantitative estimate of drug-likeness (QED) is 0.905. The minimum absolute atomic E-state index is 0.597. The number of anilines is 1. The van der Waals surface area contributed by atoms with Gasteiger partial charge in [0.25, 0.3) is 0 Å². The van der Waals surface area contributed by atoms with E-state index in [4.69, 9.17) is 10.7 Å². The number of rotatable bonds is 3. The van der Waals surface area contributed by atoms with Crippen molar-refractivity contribution >= 4 is 17.6 Å². The highest BCUT2D eigenvalue weighted by Crippen LogP contribution is 2.30. The van der Waals surface area contributed by atoms with Crippen LogP contribution in [0.5, 0.6) is 0 Å². The third-order valence-electron chi connectivity index (χ3n) is 4.11. The van der Waals surface area contributed by atoms with Crippen LogP contribution in [-0.2, 0) is 19.4 Å². The van der Waals surface area contributed by atoms with Gasteiger partial charge in [0.15, 0.2) is 0 Å². The van der Waals surface area contributed by atoms with Gasteiger partial charge in [-0.25, -0.2) is 4.98 Å². The van der Waals surface area contributed by atoms with Gasteiger partial charge in [0.2, 0.25) is 0 Å². The predicted molar refractivity (Wildman–Crippen MR) is 78.3 cm³/mol. The maximum absolute atomic E-state index is 5.91. The molecule has 1 atom stereocenters. The second-order valence-corrected chi connectivity index (χ2v) is 6.41. The molecule has 0 aromatic carbocycles. The van der Waals surface area contributed by atoms with Crippen LogP contribution < -0.4 is 10.6 Å². The molecular weight excluding hydrogens is 242 g/mol. The zero-order valence-electron chi connectivity index (χ0n) is 11.0. The SMILES string of the molecule is CN(c1nc2c(cc1CN)CCC2)C1CCSC1. The van der Waals surface area contributed by atoms with Crippen LogP contribution in [0, 0.1) is 0 Å². The molecule has 2 N–H and O–H groups in total. The van der Waals surface area contributed by atoms with Crippen molar-refractivity contribution in [3.05, 3.63) is 22.9 Å². The van der Waals surface area contributed by atoms with Crippen molar-refractivity contribution in [3.63, 3.8) is 0 Å². The molecule has 1 aromatic heterocycles. The molecular formula is C14H21N3S. The minimum atomic E-state index is 0.597. The molecule has 2 heterocycles. The van der Waals surface area contributed by atoms with E-state index in [0.717, 1.165) is 12.2 Å². The van der Waals surface area contributed by atoms with Crippen LogP contribution >= 0.6 is 11.8 Å². The van der Waals surface area contributed by atoms with Crippen LogP contribution in [0.4, 0.5) is 5.82 Å². The van der Waals surface area contributed by atoms with E-state index in [9.17, 15) is 0 Å². The number of nitrogens with two attached hydrogens (primary N) is 1. The number of pyridine rings is 1. The first-order valence-corrected chi connectivity index (χ1v) is 7.97. The Labute approximate surface area is 113 Å². The van der Waals surface area contributed by atoms with E-state index in [2.05, 4.69) is 18.0 Å². The monoisotopic (exact) mass is 263 g/mol. The van der Waals surface area contributed by atoms with Crippen molar-refractivity contribution in [2.45, 2.75) is 38.3 Å². The second kappa shape index (κ2) is 5.10. The number of aromatic nitrogens is 1. The lowest BCUT2D eigenvalue weighted by atomic mass is 10.1. The van der Waals surface area contributed by atoms with E-state index in [1.165, 1.54) is 47.6 Å². The van der Waals surface area contributed by atoms with Crippen LogP contribution in [-0.4, -0.2) is 29.6 Å². The highest BCUT2D eigenvalue weighted by Gasteiger charge is 2.24. The molecule has 3 nitrogen and oxygen atoms in total. The molecule has 0 radical (unpaired) electrons. The summed E-state index contributed by atoms with van der Waals surface area (Å²) < 4.78 is 0. The summed E-state index contributed by atoms with van der Waals surface area (Å²) in [6.07, 6.45) is 4.84. The van der Waals surface area contributed by atoms with Crippen molar-refractivity contribution in [3.8, 4) is 0 Å². The first-order valence-electron chi connectivity index (χ1n) is 6.82. The van der Waals surface area contributed by atoms with Gasteiger partial charge in [-0.2, -0.15) is 11.8 Å². The van der Waals surface area contributed by atoms with Crippen LogP contribution in [0.2, 0.25) is 0 Å². The summed E-state index contributed by atoms with van der Waals surface area (Å²) in [5.41, 5.74) is 9.86. The maximum Gasteiger partial charge on any atom is 0.133 e. The lowest BCUT2D eigenvalue weighted by molar-refractivity contribution is 0.685. The minimum Gasteiger partial charge on any atom is -0.356 e. The summed E-state index contributed by atoms with van der Waals surface area (Å²) in [5, 5.41) is 0. The number of thioether (sulfide) groups is 1. The molecule has 0 saturated carbocycles. The topological polar surface area (TPSA) is 42.2 Å². The van der Waals surface area contributed by atoms with Gasteiger partial charge in [-0.1, -0.05) is 0 Å². The molecule has 18 heavy (non-hydrogen) atoms. The van der Waals surface area contributed by atoms with E-state index in [-0.39, 0.29) is 0 Å². The van der Waals surface area contributed by atoms with Gasteiger partial charge in [-0.3, -0.25) is 0 Å². The first kappa shape index (κ1) is 12.3. The predicted octanol–water partition coefficient (Wildman–Crippen LogP) is 1.97. The largest absolute Gasteiger partial charge is 0.356 e. The Morgan fingerprint density at radius 3 is 3.11 bits per heavy atom. The highest BCUT2D eigenvalue weighted by atomic mass is 32.2. The van der Waals surface area contributed by atoms with Crippen molar-refractivity contribution in [1.29, 1.82) is 0 Å². The average Bonchev–Trinajstić information content (AvgIpc) is 3.06. The summed E-state index contributed by atoms with van der Waals surface area (Å²) in [6.45, 7) is 0.597. The normalized spacial score (nSPS) is 22.2. The molecule has 1 unspecified atom stereocenters. The number of fused-ring (bicyclic) bond motifs is 1. The fraction of sp³-hybridized carbons (Fsp3) is 0.643. The number of hydrogen-bond acceptors (Lipinski definition) is 4. The summed E-state index contributed by atoms with van der Waals surface area (Å²) in [5.74, 6) is 3.63. The Hall–Kier alpha value is -0.740. The molecule has 1 saturated heterocycles. The molecule has 2 aliphatic rings. The smallest absolute Gasteiger partial charge is 0.133 e. The molecule has 3 rings (SSSR count). The van der Waals surface area contributed by atoms with E-state index in [0.29, 0.717) is 12.6 Å². The van der Waals surface area contributed by atoms with Gasteiger partial charge >= 0.3 is 0 Å². The van der Waals surface area contributed by atoms with E-state index in [1.54, 1.807) is 0 Å². The number of aryl methyl sites for hydroxylation is 2. The Morgan fingerprint density at radius 1 is 1.50 bits per heavy atom. The molecule has 4 heteroatoms. The Bertz CT molecular complexity index is 441. The Balaban J connectivity index is 1.94. The van der Waals surface area contributed by atoms with Gasteiger partial charge in [0, 0.05) is 36.6 Å². The van der Waals surface area contributed by atoms with E-state index < -0.39 is 0 Å². The third-order valence-corrected chi connectivity index (χ3v) is 5.26. The molecule has 1 aromatic rings. The van der Waals surface area contributed by atoms with Crippen molar-refractivity contribution in [2.24, 2.45) is 5.73 Å². The average molecular weight is 263 g/mol. The van der Waals surface area contributed by atoms with E-state index >= 15 is 0 Å². The van der Waals surface area contributed by atoms with Crippen LogP contribution in [0.3, 0.4) is 0 Å². The van der Waals surface area contributed by atoms with Gasteiger partial charge in [0.05, 0.1) is 0 Å². The van der Waals surface area contributed by atoms with Crippen LogP contribution in [0.25, 0.3) is 0 Å². The first-order chi connectivity index (χ1) is 8.79. The summed E-state index contributed by atoms with van der Waals surface area (Å²) in [6, 6.07) is 2.93. The zero-order chi connectivity index (χ0) is 12.5. The van der Waals surface area contributed by atoms with Crippen molar-refractivity contribution in [1.82, 2.24) is 4.98 Å². The third kappa shape index (κ3) is 2.12. The fourth-order valence-corrected chi connectivity index (χ4v) is 4.23. The second-order valence-electron chi connectivity index (χ2n) is 5.26. The van der Waals surface area contributed by atoms with Crippen LogP contribution in [0.15, 0.2) is 6.07 Å². The van der Waals surface area contributed by atoms with Crippen molar-refractivity contribution < 1.29 is 0 Å². The fourth-order valence-electron chi connectivity index (χ4n) is 2.96. The van der Waals surface area contributed by atoms with Crippen molar-refractivity contribution in [2.75, 3.05) is 23.5 Å². The molecule has 98 valence electrons. The molecule has 0 bridgehead atoms. The lowest BCUT2D eigenvalue weighted by Crippen LogP contribution is -2.33. The Kier molecular flexibility index (Phi) is 3.48. The van der Waals surface area contributed by atoms with Gasteiger partial charge in [-0.15, -0.1) is 0 Å². The zero-order valence-corrected chi connectivity index (χ0v) is 11.8. The van der Waals surface area contributed by atoms with Gasteiger partial charge < -0.3 is 10.6 Å². The summed E-state index contributed by atoms with van der Waals surface area (Å²) in [4.78, 5) is 7.27. The standard InChI is InChI=1S/C14H21N3S/c1-17(12-5-6-18-9-12)14-11(8-15)7-10-3-2-4-13(10)16-14/h7,12H,2-6,8-9,15H2,1H3. The molecule has 0 amide bonds. The molecule has 1 aliphatic carbocycles. The van der Waals surface area contributed by atoms with Gasteiger partial charge in [0.1, 0.15) is 5.82 Å². The maximum atomic E-state index is 5.91. The molecule has 1 fully saturated rings. The highest BCUT2D eigenvalue weighted by molar-refractivity contribution is 7.99. The summed E-state index contributed by atoms with van der Waals surface area (Å²) >= 11 is 2.04. The molecule has 1 aliphatic heterocycles.